The highest BCUT2D eigenvalue weighted by Crippen LogP contribution is 2.62. The Morgan fingerprint density at radius 3 is 1.28 bits per heavy atom. The van der Waals surface area contributed by atoms with Crippen molar-refractivity contribution >= 4 is 5.97 Å². The number of rotatable bonds is 8. The van der Waals surface area contributed by atoms with Crippen molar-refractivity contribution in [3.8, 4) is 0 Å². The molecule has 0 rings (SSSR count). The molecule has 0 fully saturated rings. The third-order valence-electron chi connectivity index (χ3n) is 3.02. The van der Waals surface area contributed by atoms with Gasteiger partial charge in [-0.3, -0.25) is 0 Å². The lowest BCUT2D eigenvalue weighted by Gasteiger charge is -2.41. The molecular formula is C11H4F16O2. The normalized spacial score (nSPS) is 16.4. The molecule has 0 aliphatic heterocycles. The van der Waals surface area contributed by atoms with Crippen molar-refractivity contribution in [2.45, 2.75) is 48.1 Å². The molecule has 0 aliphatic rings. The molecule has 29 heavy (non-hydrogen) atoms. The van der Waals surface area contributed by atoms with Crippen LogP contribution in [-0.2, 0) is 9.53 Å². The molecule has 1 atom stereocenters. The lowest BCUT2D eigenvalue weighted by atomic mass is 9.91. The highest BCUT2D eigenvalue weighted by molar-refractivity contribution is 5.81. The zero-order valence-corrected chi connectivity index (χ0v) is 12.7. The molecule has 2 nitrogen and oxygen atoms in total. The molecule has 172 valence electrons. The summed E-state index contributed by atoms with van der Waals surface area (Å²) in [5.74, 6) is -51.4. The second kappa shape index (κ2) is 7.10. The Balaban J connectivity index is 6.49. The Labute approximate surface area is 148 Å². The molecule has 0 N–H and O–H groups in total. The van der Waals surface area contributed by atoms with Crippen LogP contribution in [0.1, 0.15) is 0 Å². The van der Waals surface area contributed by atoms with Crippen LogP contribution in [0.4, 0.5) is 70.2 Å². The predicted molar refractivity (Wildman–Crippen MR) is 56.9 cm³/mol. The van der Waals surface area contributed by atoms with Crippen LogP contribution in [0, 0.1) is 0 Å². The summed E-state index contributed by atoms with van der Waals surface area (Å²) in [6, 6.07) is 0. The van der Waals surface area contributed by atoms with Crippen LogP contribution in [0.3, 0.4) is 0 Å². The van der Waals surface area contributed by atoms with E-state index in [0.29, 0.717) is 0 Å². The summed E-state index contributed by atoms with van der Waals surface area (Å²) in [6.45, 7) is 2.40. The van der Waals surface area contributed by atoms with Gasteiger partial charge >= 0.3 is 54.0 Å². The first-order valence-electron chi connectivity index (χ1n) is 6.18. The molecule has 0 saturated carbocycles. The molecule has 0 heterocycles. The molecule has 0 saturated heterocycles. The van der Waals surface area contributed by atoms with E-state index in [2.05, 4.69) is 11.3 Å². The van der Waals surface area contributed by atoms with Crippen molar-refractivity contribution in [1.82, 2.24) is 0 Å². The van der Waals surface area contributed by atoms with Crippen LogP contribution in [0.25, 0.3) is 0 Å². The molecule has 18 heteroatoms. The maximum atomic E-state index is 13.2. The molecule has 1 unspecified atom stereocenters. The Hall–Kier alpha value is -1.91. The topological polar surface area (TPSA) is 26.3 Å². The molecule has 0 aromatic carbocycles. The smallest absolute Gasteiger partial charge is 0.421 e. The number of hydrogen-bond donors (Lipinski definition) is 0. The minimum absolute atomic E-state index is 0.244. The van der Waals surface area contributed by atoms with Gasteiger partial charge in [0.2, 0.25) is 0 Å². The summed E-state index contributed by atoms with van der Waals surface area (Å²) in [5.41, 5.74) is 0. The van der Waals surface area contributed by atoms with Crippen LogP contribution < -0.4 is 0 Å². The molecule has 0 aromatic rings. The number of hydrogen-bond acceptors (Lipinski definition) is 2. The first-order chi connectivity index (χ1) is 12.4. The van der Waals surface area contributed by atoms with Gasteiger partial charge in [0, 0.05) is 6.08 Å². The maximum absolute atomic E-state index is 13.2. The van der Waals surface area contributed by atoms with Gasteiger partial charge < -0.3 is 4.74 Å². The minimum Gasteiger partial charge on any atom is -0.421 e. The van der Waals surface area contributed by atoms with E-state index in [1.54, 1.807) is 0 Å². The molecule has 0 radical (unpaired) electrons. The second-order valence-electron chi connectivity index (χ2n) is 4.95. The van der Waals surface area contributed by atoms with Gasteiger partial charge in [0.05, 0.1) is 0 Å². The third-order valence-corrected chi connectivity index (χ3v) is 3.02. The Morgan fingerprint density at radius 2 is 0.966 bits per heavy atom. The summed E-state index contributed by atoms with van der Waals surface area (Å²) in [4.78, 5) is 10.4. The fraction of sp³-hybridized carbons (Fsp3) is 0.727. The zero-order chi connectivity index (χ0) is 24.1. The average Bonchev–Trinajstić information content (AvgIpc) is 2.52. The summed E-state index contributed by atoms with van der Waals surface area (Å²) >= 11 is 0. The maximum Gasteiger partial charge on any atom is 0.460 e. The van der Waals surface area contributed by atoms with Gasteiger partial charge in [-0.15, -0.1) is 0 Å². The summed E-state index contributed by atoms with van der Waals surface area (Å²) in [6.07, 6.45) is -13.3. The summed E-state index contributed by atoms with van der Waals surface area (Å²) in [7, 11) is 0. The first-order valence-corrected chi connectivity index (χ1v) is 6.18. The third kappa shape index (κ3) is 3.69. The molecule has 0 amide bonds. The van der Waals surface area contributed by atoms with Crippen LogP contribution in [0.2, 0.25) is 0 Å². The number of halogens is 16. The van der Waals surface area contributed by atoms with Crippen LogP contribution in [-0.4, -0.2) is 54.0 Å². The number of esters is 1. The highest BCUT2D eigenvalue weighted by Gasteiger charge is 2.94. The van der Waals surface area contributed by atoms with Gasteiger partial charge in [0.25, 0.3) is 0 Å². The van der Waals surface area contributed by atoms with Crippen molar-refractivity contribution in [2.24, 2.45) is 0 Å². The van der Waals surface area contributed by atoms with E-state index in [4.69, 9.17) is 0 Å². The van der Waals surface area contributed by atoms with Crippen molar-refractivity contribution in [3.63, 3.8) is 0 Å². The Bertz CT molecular complexity index is 633. The van der Waals surface area contributed by atoms with Crippen LogP contribution in [0.15, 0.2) is 12.7 Å². The first kappa shape index (κ1) is 27.1. The van der Waals surface area contributed by atoms with Gasteiger partial charge in [-0.2, -0.15) is 70.2 Å². The van der Waals surface area contributed by atoms with E-state index in [0.717, 1.165) is 0 Å². The van der Waals surface area contributed by atoms with Crippen LogP contribution >= 0.6 is 0 Å². The van der Waals surface area contributed by atoms with Gasteiger partial charge in [-0.05, 0) is 0 Å². The quantitative estimate of drug-likeness (QED) is 0.269. The lowest BCUT2D eigenvalue weighted by molar-refractivity contribution is -0.458. The zero-order valence-electron chi connectivity index (χ0n) is 12.7. The van der Waals surface area contributed by atoms with Gasteiger partial charge in [0.15, 0.2) is 0 Å². The highest BCUT2D eigenvalue weighted by atomic mass is 19.4. The molecule has 0 bridgehead atoms. The van der Waals surface area contributed by atoms with E-state index in [9.17, 15) is 75.0 Å². The van der Waals surface area contributed by atoms with Crippen molar-refractivity contribution in [2.75, 3.05) is 0 Å². The van der Waals surface area contributed by atoms with E-state index in [1.807, 2.05) is 0 Å². The predicted octanol–water partition coefficient (Wildman–Crippen LogP) is 5.39. The lowest BCUT2D eigenvalue weighted by Crippen LogP contribution is -2.73. The van der Waals surface area contributed by atoms with Gasteiger partial charge in [-0.25, -0.2) is 4.79 Å². The standard InChI is InChI=1S/C11H4F16O2/c1-2-3(28)29-4(12)5(13,14)6(15,16)7(17,18)8(19,20)9(21,22)10(23,24)11(25,26)27/h2,4H,1H2. The SMILES string of the molecule is C=CC(=O)OC(F)C(F)(F)C(F)(F)C(F)(F)C(F)(F)C(F)(F)C(F)(F)C(F)(F)F. The number of ether oxygens (including phenoxy) is 1. The monoisotopic (exact) mass is 472 g/mol. The van der Waals surface area contributed by atoms with E-state index in [1.165, 1.54) is 0 Å². The van der Waals surface area contributed by atoms with E-state index < -0.39 is 54.0 Å². The summed E-state index contributed by atoms with van der Waals surface area (Å²) in [5, 5.41) is 0. The van der Waals surface area contributed by atoms with E-state index >= 15 is 0 Å². The number of alkyl halides is 16. The number of carbonyl (C=O) groups is 1. The Morgan fingerprint density at radius 1 is 0.655 bits per heavy atom. The Kier molecular flexibility index (Phi) is 6.63. The van der Waals surface area contributed by atoms with Gasteiger partial charge in [0.1, 0.15) is 0 Å². The number of carbonyl (C=O) groups excluding carboxylic acids is 1. The molecular weight excluding hydrogens is 468 g/mol. The van der Waals surface area contributed by atoms with Gasteiger partial charge in [-0.1, -0.05) is 6.58 Å². The molecule has 0 aliphatic carbocycles. The second-order valence-corrected chi connectivity index (χ2v) is 4.95. The van der Waals surface area contributed by atoms with E-state index in [-0.39, 0.29) is 6.08 Å². The minimum atomic E-state index is -8.55. The van der Waals surface area contributed by atoms with Crippen molar-refractivity contribution < 1.29 is 79.8 Å². The van der Waals surface area contributed by atoms with Crippen LogP contribution in [0.5, 0.6) is 0 Å². The van der Waals surface area contributed by atoms with Crippen molar-refractivity contribution in [3.05, 3.63) is 12.7 Å². The molecule has 0 aromatic heterocycles. The fourth-order valence-corrected chi connectivity index (χ4v) is 1.35. The average molecular weight is 472 g/mol. The summed E-state index contributed by atoms with van der Waals surface area (Å²) < 4.78 is 207. The largest absolute Gasteiger partial charge is 0.460 e. The van der Waals surface area contributed by atoms with Crippen molar-refractivity contribution in [1.29, 1.82) is 0 Å². The fourth-order valence-electron chi connectivity index (χ4n) is 1.35. The molecule has 0 spiro atoms.